The Morgan fingerprint density at radius 2 is 2.05 bits per heavy atom. The normalized spacial score (nSPS) is 21.4. The van der Waals surface area contributed by atoms with Gasteiger partial charge in [-0.3, -0.25) is 0 Å². The quantitative estimate of drug-likeness (QED) is 0.881. The Kier molecular flexibility index (Phi) is 3.56. The van der Waals surface area contributed by atoms with Crippen LogP contribution in [0.3, 0.4) is 0 Å². The molecule has 2 atom stereocenters. The fraction of sp³-hybridized carbons (Fsp3) is 0.438. The SMILES string of the molecule is Cc1ccc(NCCc2csc(C3CC3C)n2)cc1. The number of anilines is 1. The molecule has 0 bridgehead atoms. The molecule has 2 unspecified atom stereocenters. The highest BCUT2D eigenvalue weighted by Gasteiger charge is 2.36. The van der Waals surface area contributed by atoms with E-state index in [9.17, 15) is 0 Å². The first-order valence-corrected chi connectivity index (χ1v) is 7.85. The van der Waals surface area contributed by atoms with Gasteiger partial charge in [-0.05, 0) is 31.4 Å². The molecule has 2 nitrogen and oxygen atoms in total. The lowest BCUT2D eigenvalue weighted by Crippen LogP contribution is -2.05. The fourth-order valence-corrected chi connectivity index (χ4v) is 3.38. The summed E-state index contributed by atoms with van der Waals surface area (Å²) in [6.07, 6.45) is 2.33. The van der Waals surface area contributed by atoms with Crippen LogP contribution in [0.15, 0.2) is 29.6 Å². The second-order valence-corrected chi connectivity index (χ2v) is 6.43. The minimum Gasteiger partial charge on any atom is -0.385 e. The Labute approximate surface area is 118 Å². The molecule has 1 N–H and O–H groups in total. The molecule has 0 spiro atoms. The number of nitrogens with one attached hydrogen (secondary N) is 1. The summed E-state index contributed by atoms with van der Waals surface area (Å²) in [5.41, 5.74) is 3.73. The molecule has 0 aliphatic heterocycles. The second kappa shape index (κ2) is 5.33. The van der Waals surface area contributed by atoms with E-state index in [4.69, 9.17) is 4.98 Å². The number of rotatable bonds is 5. The van der Waals surface area contributed by atoms with Crippen LogP contribution in [0.5, 0.6) is 0 Å². The molecule has 0 amide bonds. The average molecular weight is 272 g/mol. The molecule has 1 saturated carbocycles. The van der Waals surface area contributed by atoms with Crippen molar-refractivity contribution in [2.24, 2.45) is 5.92 Å². The van der Waals surface area contributed by atoms with E-state index in [1.54, 1.807) is 0 Å². The summed E-state index contributed by atoms with van der Waals surface area (Å²) in [5.74, 6) is 1.61. The predicted octanol–water partition coefficient (Wildman–Crippen LogP) is 4.23. The van der Waals surface area contributed by atoms with Gasteiger partial charge in [-0.1, -0.05) is 24.6 Å². The van der Waals surface area contributed by atoms with Crippen LogP contribution < -0.4 is 5.32 Å². The summed E-state index contributed by atoms with van der Waals surface area (Å²) in [7, 11) is 0. The first kappa shape index (κ1) is 12.7. The maximum Gasteiger partial charge on any atom is 0.0962 e. The maximum atomic E-state index is 4.75. The van der Waals surface area contributed by atoms with Crippen molar-refractivity contribution in [1.82, 2.24) is 4.98 Å². The van der Waals surface area contributed by atoms with Crippen LogP contribution in [0.4, 0.5) is 5.69 Å². The summed E-state index contributed by atoms with van der Waals surface area (Å²) < 4.78 is 0. The highest BCUT2D eigenvalue weighted by molar-refractivity contribution is 7.09. The Bertz CT molecular complexity index is 544. The number of hydrogen-bond donors (Lipinski definition) is 1. The Morgan fingerprint density at radius 1 is 1.32 bits per heavy atom. The molecule has 0 radical (unpaired) electrons. The van der Waals surface area contributed by atoms with Crippen molar-refractivity contribution in [2.75, 3.05) is 11.9 Å². The first-order chi connectivity index (χ1) is 9.22. The van der Waals surface area contributed by atoms with Crippen molar-refractivity contribution in [2.45, 2.75) is 32.6 Å². The number of benzene rings is 1. The summed E-state index contributed by atoms with van der Waals surface area (Å²) in [4.78, 5) is 4.75. The van der Waals surface area contributed by atoms with Gasteiger partial charge in [0.25, 0.3) is 0 Å². The number of aromatic nitrogens is 1. The van der Waals surface area contributed by atoms with E-state index >= 15 is 0 Å². The largest absolute Gasteiger partial charge is 0.385 e. The highest BCUT2D eigenvalue weighted by Crippen LogP contribution is 2.47. The molecule has 19 heavy (non-hydrogen) atoms. The third kappa shape index (κ3) is 3.16. The highest BCUT2D eigenvalue weighted by atomic mass is 32.1. The van der Waals surface area contributed by atoms with Gasteiger partial charge in [0, 0.05) is 30.0 Å². The van der Waals surface area contributed by atoms with Crippen LogP contribution in [-0.4, -0.2) is 11.5 Å². The molecule has 1 aliphatic carbocycles. The lowest BCUT2D eigenvalue weighted by Gasteiger charge is -2.05. The Hall–Kier alpha value is -1.35. The fourth-order valence-electron chi connectivity index (χ4n) is 2.28. The third-order valence-electron chi connectivity index (χ3n) is 3.76. The zero-order valence-corrected chi connectivity index (χ0v) is 12.3. The minimum atomic E-state index is 0.754. The van der Waals surface area contributed by atoms with Gasteiger partial charge in [-0.2, -0.15) is 0 Å². The van der Waals surface area contributed by atoms with Gasteiger partial charge < -0.3 is 5.32 Å². The molecule has 1 fully saturated rings. The van der Waals surface area contributed by atoms with Gasteiger partial charge in [0.1, 0.15) is 0 Å². The van der Waals surface area contributed by atoms with E-state index in [2.05, 4.69) is 48.8 Å². The van der Waals surface area contributed by atoms with Crippen LogP contribution in [0.1, 0.15) is 35.5 Å². The molecule has 1 heterocycles. The first-order valence-electron chi connectivity index (χ1n) is 6.97. The van der Waals surface area contributed by atoms with Gasteiger partial charge >= 0.3 is 0 Å². The van der Waals surface area contributed by atoms with Gasteiger partial charge in [0.2, 0.25) is 0 Å². The van der Waals surface area contributed by atoms with Crippen LogP contribution >= 0.6 is 11.3 Å². The van der Waals surface area contributed by atoms with Crippen LogP contribution in [0, 0.1) is 12.8 Å². The lowest BCUT2D eigenvalue weighted by molar-refractivity contribution is 0.887. The van der Waals surface area contributed by atoms with E-state index in [0.717, 1.165) is 24.8 Å². The van der Waals surface area contributed by atoms with Crippen molar-refractivity contribution in [1.29, 1.82) is 0 Å². The van der Waals surface area contributed by atoms with Crippen molar-refractivity contribution in [3.8, 4) is 0 Å². The van der Waals surface area contributed by atoms with Crippen molar-refractivity contribution in [3.05, 3.63) is 45.9 Å². The molecule has 1 aromatic heterocycles. The average Bonchev–Trinajstić information content (AvgIpc) is 2.96. The van der Waals surface area contributed by atoms with E-state index in [1.807, 2.05) is 11.3 Å². The van der Waals surface area contributed by atoms with E-state index < -0.39 is 0 Å². The summed E-state index contributed by atoms with van der Waals surface area (Å²) in [6.45, 7) is 5.37. The van der Waals surface area contributed by atoms with Crippen molar-refractivity contribution < 1.29 is 0 Å². The van der Waals surface area contributed by atoms with Crippen LogP contribution in [-0.2, 0) is 6.42 Å². The Balaban J connectivity index is 1.49. The summed E-state index contributed by atoms with van der Waals surface area (Å²) in [5, 5.41) is 7.01. The molecule has 1 aliphatic rings. The van der Waals surface area contributed by atoms with Gasteiger partial charge in [0.05, 0.1) is 10.7 Å². The smallest absolute Gasteiger partial charge is 0.0962 e. The number of hydrogen-bond acceptors (Lipinski definition) is 3. The molecule has 0 saturated heterocycles. The number of thiazole rings is 1. The predicted molar refractivity (Wildman–Crippen MR) is 82.0 cm³/mol. The molecule has 3 heteroatoms. The molecule has 2 aromatic rings. The second-order valence-electron chi connectivity index (χ2n) is 5.54. The third-order valence-corrected chi connectivity index (χ3v) is 4.78. The molecular weight excluding hydrogens is 252 g/mol. The van der Waals surface area contributed by atoms with E-state index in [1.165, 1.54) is 28.4 Å². The zero-order valence-electron chi connectivity index (χ0n) is 11.5. The zero-order chi connectivity index (χ0) is 13.2. The molecule has 100 valence electrons. The van der Waals surface area contributed by atoms with Crippen LogP contribution in [0.2, 0.25) is 0 Å². The van der Waals surface area contributed by atoms with Crippen molar-refractivity contribution >= 4 is 17.0 Å². The number of nitrogens with zero attached hydrogens (tertiary/aromatic N) is 1. The van der Waals surface area contributed by atoms with Crippen molar-refractivity contribution in [3.63, 3.8) is 0 Å². The minimum absolute atomic E-state index is 0.754. The van der Waals surface area contributed by atoms with Gasteiger partial charge in [0.15, 0.2) is 0 Å². The van der Waals surface area contributed by atoms with Gasteiger partial charge in [-0.15, -0.1) is 11.3 Å². The van der Waals surface area contributed by atoms with Crippen LogP contribution in [0.25, 0.3) is 0 Å². The van der Waals surface area contributed by atoms with E-state index in [0.29, 0.717) is 0 Å². The standard InChI is InChI=1S/C16H20N2S/c1-11-3-5-13(6-4-11)17-8-7-14-10-19-16(18-14)15-9-12(15)2/h3-6,10,12,15,17H,7-9H2,1-2H3. The lowest BCUT2D eigenvalue weighted by atomic mass is 10.2. The maximum absolute atomic E-state index is 4.75. The monoisotopic (exact) mass is 272 g/mol. The molecule has 3 rings (SSSR count). The summed E-state index contributed by atoms with van der Waals surface area (Å²) in [6, 6.07) is 8.54. The Morgan fingerprint density at radius 3 is 2.74 bits per heavy atom. The number of aryl methyl sites for hydroxylation is 1. The topological polar surface area (TPSA) is 24.9 Å². The van der Waals surface area contributed by atoms with E-state index in [-0.39, 0.29) is 0 Å². The molecular formula is C16H20N2S. The van der Waals surface area contributed by atoms with Gasteiger partial charge in [-0.25, -0.2) is 4.98 Å². The molecule has 1 aromatic carbocycles. The summed E-state index contributed by atoms with van der Waals surface area (Å²) >= 11 is 1.83.